The van der Waals surface area contributed by atoms with Crippen LogP contribution in [0.15, 0.2) is 47.8 Å². The first kappa shape index (κ1) is 20.2. The molecule has 2 aliphatic rings. The van der Waals surface area contributed by atoms with E-state index in [-0.39, 0.29) is 29.3 Å². The summed E-state index contributed by atoms with van der Waals surface area (Å²) in [6.45, 7) is 4.74. The van der Waals surface area contributed by atoms with Crippen LogP contribution in [0.4, 0.5) is 10.2 Å². The highest BCUT2D eigenvalue weighted by Gasteiger charge is 2.40. The fourth-order valence-corrected chi connectivity index (χ4v) is 3.66. The van der Waals surface area contributed by atoms with E-state index in [2.05, 4.69) is 15.5 Å². The van der Waals surface area contributed by atoms with Gasteiger partial charge in [0.1, 0.15) is 0 Å². The highest BCUT2D eigenvalue weighted by Crippen LogP contribution is 2.26. The Morgan fingerprint density at radius 2 is 2.03 bits per heavy atom. The average Bonchev–Trinajstić information content (AvgIpc) is 3.03. The molecule has 2 aliphatic heterocycles. The summed E-state index contributed by atoms with van der Waals surface area (Å²) in [5, 5.41) is 7.14. The van der Waals surface area contributed by atoms with Gasteiger partial charge in [-0.1, -0.05) is 17.3 Å². The maximum absolute atomic E-state index is 14.5. The van der Waals surface area contributed by atoms with Crippen molar-refractivity contribution in [2.24, 2.45) is 5.16 Å². The van der Waals surface area contributed by atoms with Crippen LogP contribution in [0, 0.1) is 5.82 Å². The number of benzene rings is 1. The van der Waals surface area contributed by atoms with Crippen molar-refractivity contribution in [1.29, 1.82) is 0 Å². The number of aromatic nitrogens is 1. The summed E-state index contributed by atoms with van der Waals surface area (Å²) >= 11 is 0. The molecule has 3 heterocycles. The first-order valence-corrected chi connectivity index (χ1v) is 9.95. The number of piperidine rings is 1. The number of amides is 1. The largest absolute Gasteiger partial charge is 0.381 e. The minimum absolute atomic E-state index is 0.0192. The number of hydrogen-bond acceptors (Lipinski definition) is 6. The van der Waals surface area contributed by atoms with E-state index in [0.29, 0.717) is 17.7 Å². The molecule has 0 radical (unpaired) electrons. The van der Waals surface area contributed by atoms with Crippen molar-refractivity contribution in [1.82, 2.24) is 10.3 Å². The van der Waals surface area contributed by atoms with Crippen LogP contribution in [-0.2, 0) is 9.63 Å². The number of nitrogens with one attached hydrogen (secondary N) is 1. The number of halogens is 1. The third kappa shape index (κ3) is 3.70. The van der Waals surface area contributed by atoms with E-state index in [1.165, 1.54) is 23.2 Å². The normalized spacial score (nSPS) is 20.4. The molecule has 1 aromatic carbocycles. The van der Waals surface area contributed by atoms with Crippen LogP contribution in [0.5, 0.6) is 0 Å². The molecule has 1 fully saturated rings. The first-order valence-electron chi connectivity index (χ1n) is 9.95. The first-order chi connectivity index (χ1) is 14.4. The molecule has 1 amide bonds. The Hall–Kier alpha value is -3.13. The second kappa shape index (κ2) is 7.95. The van der Waals surface area contributed by atoms with Gasteiger partial charge in [-0.3, -0.25) is 14.5 Å². The number of rotatable bonds is 4. The molecule has 7 nitrogen and oxygen atoms in total. The van der Waals surface area contributed by atoms with Crippen LogP contribution in [0.3, 0.4) is 0 Å². The molecule has 4 rings (SSSR count). The zero-order valence-corrected chi connectivity index (χ0v) is 16.9. The lowest BCUT2D eigenvalue weighted by atomic mass is 9.95. The Morgan fingerprint density at radius 3 is 2.63 bits per heavy atom. The summed E-state index contributed by atoms with van der Waals surface area (Å²) in [7, 11) is 0. The van der Waals surface area contributed by atoms with E-state index in [9.17, 15) is 14.0 Å². The molecular formula is C22H23FN4O3. The quantitative estimate of drug-likeness (QED) is 0.838. The van der Waals surface area contributed by atoms with Crippen molar-refractivity contribution in [3.8, 4) is 0 Å². The molecule has 0 bridgehead atoms. The summed E-state index contributed by atoms with van der Waals surface area (Å²) in [6.07, 6.45) is 3.12. The molecule has 156 valence electrons. The molecule has 0 aliphatic carbocycles. The molecule has 0 saturated carbocycles. The van der Waals surface area contributed by atoms with Crippen LogP contribution >= 0.6 is 0 Å². The van der Waals surface area contributed by atoms with Gasteiger partial charge < -0.3 is 10.2 Å². The Labute approximate surface area is 173 Å². The minimum atomic E-state index is -0.995. The predicted octanol–water partition coefficient (Wildman–Crippen LogP) is 2.70. The van der Waals surface area contributed by atoms with Gasteiger partial charge in [0, 0.05) is 23.9 Å². The van der Waals surface area contributed by atoms with Gasteiger partial charge in [-0.05, 0) is 57.5 Å². The topological polar surface area (TPSA) is 83.9 Å². The number of anilines is 1. The van der Waals surface area contributed by atoms with Gasteiger partial charge in [0.25, 0.3) is 5.91 Å². The van der Waals surface area contributed by atoms with E-state index in [1.807, 2.05) is 0 Å². The minimum Gasteiger partial charge on any atom is -0.381 e. The molecule has 30 heavy (non-hydrogen) atoms. The number of Topliss-reactive ketones (excluding diaryl/α,β-unsaturated/α-hetero) is 1. The van der Waals surface area contributed by atoms with E-state index in [0.717, 1.165) is 19.4 Å². The van der Waals surface area contributed by atoms with Crippen molar-refractivity contribution in [3.63, 3.8) is 0 Å². The highest BCUT2D eigenvalue weighted by atomic mass is 19.1. The second-order valence-electron chi connectivity index (χ2n) is 7.93. The highest BCUT2D eigenvalue weighted by molar-refractivity contribution is 6.49. The molecule has 8 heteroatoms. The standard InChI is InChI=1S/C22H23FN4O3/c1-22(2)19(28)18(26-30-22)14-7-9-15(10-8-14)21(29)27(16-5-3-11-24-13-16)20-17(23)6-4-12-25-20/h4,6-10,12,16,24H,3,5,11,13H2,1-2H3. The van der Waals surface area contributed by atoms with E-state index in [1.54, 1.807) is 38.1 Å². The molecule has 1 aromatic heterocycles. The summed E-state index contributed by atoms with van der Waals surface area (Å²) in [6, 6.07) is 9.13. The SMILES string of the molecule is CC1(C)ON=C(c2ccc(C(=O)N(c3ncccc3F)C3CCCNC3)cc2)C1=O. The van der Waals surface area contributed by atoms with Gasteiger partial charge in [-0.2, -0.15) is 0 Å². The molecule has 1 unspecified atom stereocenters. The molecule has 1 atom stereocenters. The smallest absolute Gasteiger partial charge is 0.259 e. The number of carbonyl (C=O) groups is 2. The number of pyridine rings is 1. The van der Waals surface area contributed by atoms with E-state index in [4.69, 9.17) is 4.84 Å². The molecule has 2 aromatic rings. The maximum Gasteiger partial charge on any atom is 0.259 e. The van der Waals surface area contributed by atoms with Crippen molar-refractivity contribution in [3.05, 3.63) is 59.5 Å². The second-order valence-corrected chi connectivity index (χ2v) is 7.93. The van der Waals surface area contributed by atoms with Crippen LogP contribution < -0.4 is 10.2 Å². The molecule has 0 spiro atoms. The van der Waals surface area contributed by atoms with Crippen LogP contribution in [0.2, 0.25) is 0 Å². The lowest BCUT2D eigenvalue weighted by molar-refractivity contribution is -0.128. The van der Waals surface area contributed by atoms with Crippen LogP contribution in [-0.4, -0.2) is 47.1 Å². The Balaban J connectivity index is 1.63. The molecule has 1 N–H and O–H groups in total. The van der Waals surface area contributed by atoms with Crippen molar-refractivity contribution < 1.29 is 18.8 Å². The van der Waals surface area contributed by atoms with Gasteiger partial charge >= 0.3 is 0 Å². The summed E-state index contributed by atoms with van der Waals surface area (Å²) in [5.41, 5.74) is 0.172. The van der Waals surface area contributed by atoms with Crippen molar-refractivity contribution in [2.75, 3.05) is 18.0 Å². The lowest BCUT2D eigenvalue weighted by Crippen LogP contribution is -2.49. The number of nitrogens with zero attached hydrogens (tertiary/aromatic N) is 3. The number of oxime groups is 1. The zero-order valence-electron chi connectivity index (χ0n) is 16.9. The number of ketones is 1. The van der Waals surface area contributed by atoms with Crippen LogP contribution in [0.1, 0.15) is 42.6 Å². The summed E-state index contributed by atoms with van der Waals surface area (Å²) in [4.78, 5) is 36.5. The summed E-state index contributed by atoms with van der Waals surface area (Å²) in [5.74, 6) is -1.08. The summed E-state index contributed by atoms with van der Waals surface area (Å²) < 4.78 is 14.5. The van der Waals surface area contributed by atoms with E-state index < -0.39 is 11.4 Å². The van der Waals surface area contributed by atoms with Gasteiger partial charge in [0.2, 0.25) is 5.78 Å². The Kier molecular flexibility index (Phi) is 5.34. The molecule has 1 saturated heterocycles. The van der Waals surface area contributed by atoms with Crippen LogP contribution in [0.25, 0.3) is 0 Å². The van der Waals surface area contributed by atoms with Gasteiger partial charge in [-0.25, -0.2) is 9.37 Å². The molecular weight excluding hydrogens is 387 g/mol. The number of hydrogen-bond donors (Lipinski definition) is 1. The van der Waals surface area contributed by atoms with Gasteiger partial charge in [0.05, 0.1) is 6.04 Å². The maximum atomic E-state index is 14.5. The fraction of sp³-hybridized carbons (Fsp3) is 0.364. The van der Waals surface area contributed by atoms with Crippen molar-refractivity contribution in [2.45, 2.75) is 38.3 Å². The zero-order chi connectivity index (χ0) is 21.3. The van der Waals surface area contributed by atoms with Gasteiger partial charge in [0.15, 0.2) is 22.9 Å². The third-order valence-electron chi connectivity index (χ3n) is 5.35. The van der Waals surface area contributed by atoms with E-state index >= 15 is 0 Å². The monoisotopic (exact) mass is 410 g/mol. The predicted molar refractivity (Wildman–Crippen MR) is 110 cm³/mol. The fourth-order valence-electron chi connectivity index (χ4n) is 3.66. The third-order valence-corrected chi connectivity index (χ3v) is 5.35. The van der Waals surface area contributed by atoms with Crippen molar-refractivity contribution >= 4 is 23.2 Å². The van der Waals surface area contributed by atoms with Gasteiger partial charge in [-0.15, -0.1) is 0 Å². The lowest BCUT2D eigenvalue weighted by Gasteiger charge is -2.34. The Bertz CT molecular complexity index is 998. The average molecular weight is 410 g/mol. The number of carbonyl (C=O) groups excluding carboxylic acids is 2. The Morgan fingerprint density at radius 1 is 1.27 bits per heavy atom.